The van der Waals surface area contributed by atoms with Crippen molar-refractivity contribution in [1.29, 1.82) is 0 Å². The Hall–Kier alpha value is -5.13. The molecule has 2 amide bonds. The summed E-state index contributed by atoms with van der Waals surface area (Å²) < 4.78 is 0. The number of amides is 2. The monoisotopic (exact) mass is 625 g/mol. The molecule has 4 aromatic rings. The van der Waals surface area contributed by atoms with E-state index in [-0.39, 0.29) is 21.8 Å². The molecule has 1 saturated heterocycles. The second-order valence-electron chi connectivity index (χ2n) is 9.73. The van der Waals surface area contributed by atoms with Crippen LogP contribution in [0.2, 0.25) is 0 Å². The summed E-state index contributed by atoms with van der Waals surface area (Å²) in [6.45, 7) is 4.36. The van der Waals surface area contributed by atoms with Gasteiger partial charge in [0.15, 0.2) is 5.11 Å². The van der Waals surface area contributed by atoms with Crippen LogP contribution < -0.4 is 4.90 Å². The lowest BCUT2D eigenvalue weighted by Crippen LogP contribution is -2.55. The Kier molecular flexibility index (Phi) is 8.70. The highest BCUT2D eigenvalue weighted by molar-refractivity contribution is 7.80. The normalized spacial score (nSPS) is 13.3. The quantitative estimate of drug-likeness (QED) is 0.120. The first-order chi connectivity index (χ1) is 21.1. The van der Waals surface area contributed by atoms with Gasteiger partial charge in [-0.2, -0.15) is 0 Å². The minimum absolute atomic E-state index is 0.0736. The number of aromatic carboxylic acids is 2. The summed E-state index contributed by atoms with van der Waals surface area (Å²) >= 11 is 6.79. The standard InChI is InChI=1S/C33H27N3O6S2/c1-3-34-29(37)27(30(38)35(4-2)33(34)43)19-26-17-18-28(44-26)20-5-11-23(12-6-20)36(24-13-7-21(8-14-24)31(39)40)25-15-9-22(10-16-25)32(41)42/h5-19H,3-4H2,1-2H3,(H,39,40)(H,41,42). The first kappa shape index (κ1) is 30.3. The molecule has 1 aliphatic rings. The molecule has 11 heteroatoms. The molecule has 2 N–H and O–H groups in total. The average molecular weight is 626 g/mol. The molecule has 0 atom stereocenters. The highest BCUT2D eigenvalue weighted by Gasteiger charge is 2.37. The number of nitrogens with zero attached hydrogens (tertiary/aromatic N) is 3. The van der Waals surface area contributed by atoms with Gasteiger partial charge in [0.1, 0.15) is 5.57 Å². The largest absolute Gasteiger partial charge is 0.478 e. The van der Waals surface area contributed by atoms with E-state index in [9.17, 15) is 29.4 Å². The van der Waals surface area contributed by atoms with Crippen LogP contribution in [0.4, 0.5) is 17.1 Å². The van der Waals surface area contributed by atoms with Gasteiger partial charge < -0.3 is 15.1 Å². The van der Waals surface area contributed by atoms with Crippen LogP contribution in [0.5, 0.6) is 0 Å². The topological polar surface area (TPSA) is 118 Å². The van der Waals surface area contributed by atoms with Crippen molar-refractivity contribution >= 4 is 75.6 Å². The van der Waals surface area contributed by atoms with Gasteiger partial charge in [-0.05, 0) is 111 Å². The van der Waals surface area contributed by atoms with Crippen LogP contribution >= 0.6 is 23.6 Å². The Balaban J connectivity index is 1.46. The summed E-state index contributed by atoms with van der Waals surface area (Å²) in [4.78, 5) is 55.3. The highest BCUT2D eigenvalue weighted by Crippen LogP contribution is 2.37. The van der Waals surface area contributed by atoms with Gasteiger partial charge in [-0.25, -0.2) is 9.59 Å². The molecule has 2 heterocycles. The molecular formula is C33H27N3O6S2. The lowest BCUT2D eigenvalue weighted by Gasteiger charge is -2.35. The Morgan fingerprint density at radius 3 is 1.57 bits per heavy atom. The maximum atomic E-state index is 13.0. The fraction of sp³-hybridized carbons (Fsp3) is 0.121. The summed E-state index contributed by atoms with van der Waals surface area (Å²) in [5.41, 5.74) is 3.45. The second-order valence-corrected chi connectivity index (χ2v) is 11.2. The number of likely N-dealkylation sites (N-methyl/N-ethyl adjacent to an activating group) is 2. The predicted octanol–water partition coefficient (Wildman–Crippen LogP) is 6.66. The number of carbonyl (C=O) groups is 4. The summed E-state index contributed by atoms with van der Waals surface area (Å²) in [7, 11) is 0. The zero-order valence-electron chi connectivity index (χ0n) is 23.8. The van der Waals surface area contributed by atoms with Crippen LogP contribution in [0, 0.1) is 0 Å². The number of carboxylic acid groups (broad SMARTS) is 2. The molecular weight excluding hydrogens is 599 g/mol. The average Bonchev–Trinajstić information content (AvgIpc) is 3.49. The van der Waals surface area contributed by atoms with Crippen LogP contribution in [0.3, 0.4) is 0 Å². The molecule has 222 valence electrons. The first-order valence-corrected chi connectivity index (χ1v) is 14.9. The fourth-order valence-electron chi connectivity index (χ4n) is 4.84. The highest BCUT2D eigenvalue weighted by atomic mass is 32.1. The van der Waals surface area contributed by atoms with Gasteiger partial charge in [0.25, 0.3) is 11.8 Å². The molecule has 0 spiro atoms. The van der Waals surface area contributed by atoms with Gasteiger partial charge in [-0.3, -0.25) is 19.4 Å². The lowest BCUT2D eigenvalue weighted by molar-refractivity contribution is -0.133. The Labute approximate surface area is 262 Å². The number of anilines is 3. The zero-order chi connectivity index (χ0) is 31.5. The van der Waals surface area contributed by atoms with Crippen molar-refractivity contribution in [3.8, 4) is 10.4 Å². The lowest BCUT2D eigenvalue weighted by atomic mass is 10.1. The first-order valence-electron chi connectivity index (χ1n) is 13.7. The summed E-state index contributed by atoms with van der Waals surface area (Å²) in [5.74, 6) is -2.87. The maximum Gasteiger partial charge on any atom is 0.335 e. The van der Waals surface area contributed by atoms with Crippen molar-refractivity contribution < 1.29 is 29.4 Å². The number of hydrogen-bond acceptors (Lipinski definition) is 7. The molecule has 0 unspecified atom stereocenters. The van der Waals surface area contributed by atoms with E-state index in [1.54, 1.807) is 30.3 Å². The van der Waals surface area contributed by atoms with Crippen molar-refractivity contribution in [2.24, 2.45) is 0 Å². The molecule has 0 bridgehead atoms. The summed E-state index contributed by atoms with van der Waals surface area (Å²) in [6, 6.07) is 24.3. The van der Waals surface area contributed by atoms with Crippen LogP contribution in [0.15, 0.2) is 90.5 Å². The Morgan fingerprint density at radius 1 is 0.727 bits per heavy atom. The van der Waals surface area contributed by atoms with Crippen LogP contribution in [-0.2, 0) is 9.59 Å². The van der Waals surface area contributed by atoms with Crippen molar-refractivity contribution in [1.82, 2.24) is 9.80 Å². The number of thiophene rings is 1. The molecule has 3 aromatic carbocycles. The third-order valence-corrected chi connectivity index (χ3v) is 8.64. The number of carboxylic acids is 2. The van der Waals surface area contributed by atoms with Gasteiger partial charge in [-0.15, -0.1) is 11.3 Å². The molecule has 0 radical (unpaired) electrons. The van der Waals surface area contributed by atoms with E-state index in [4.69, 9.17) is 12.2 Å². The van der Waals surface area contributed by atoms with Crippen molar-refractivity contribution in [3.63, 3.8) is 0 Å². The molecule has 1 aliphatic heterocycles. The van der Waals surface area contributed by atoms with Gasteiger partial charge >= 0.3 is 11.9 Å². The number of thiocarbonyl (C=S) groups is 1. The summed E-state index contributed by atoms with van der Waals surface area (Å²) in [5, 5.41) is 18.9. The maximum absolute atomic E-state index is 13.0. The zero-order valence-corrected chi connectivity index (χ0v) is 25.4. The van der Waals surface area contributed by atoms with Gasteiger partial charge in [0, 0.05) is 39.9 Å². The third kappa shape index (κ3) is 5.87. The number of hydrogen-bond donors (Lipinski definition) is 2. The van der Waals surface area contributed by atoms with E-state index in [1.807, 2.05) is 55.1 Å². The second kappa shape index (κ2) is 12.6. The van der Waals surface area contributed by atoms with E-state index in [1.165, 1.54) is 45.4 Å². The molecule has 1 fully saturated rings. The number of benzene rings is 3. The minimum atomic E-state index is -1.03. The Bertz CT molecular complexity index is 1710. The van der Waals surface area contributed by atoms with Gasteiger partial charge in [-0.1, -0.05) is 12.1 Å². The van der Waals surface area contributed by atoms with Crippen molar-refractivity contribution in [2.75, 3.05) is 18.0 Å². The molecule has 9 nitrogen and oxygen atoms in total. The number of carbonyl (C=O) groups excluding carboxylic acids is 2. The van der Waals surface area contributed by atoms with E-state index in [2.05, 4.69) is 0 Å². The van der Waals surface area contributed by atoms with Crippen LogP contribution in [-0.4, -0.2) is 62.0 Å². The fourth-order valence-corrected chi connectivity index (χ4v) is 6.22. The molecule has 44 heavy (non-hydrogen) atoms. The summed E-state index contributed by atoms with van der Waals surface area (Å²) in [6.07, 6.45) is 1.61. The molecule has 5 rings (SSSR count). The van der Waals surface area contributed by atoms with Crippen LogP contribution in [0.25, 0.3) is 16.5 Å². The minimum Gasteiger partial charge on any atom is -0.478 e. The van der Waals surface area contributed by atoms with E-state index >= 15 is 0 Å². The molecule has 0 saturated carbocycles. The predicted molar refractivity (Wildman–Crippen MR) is 174 cm³/mol. The van der Waals surface area contributed by atoms with Crippen molar-refractivity contribution in [2.45, 2.75) is 13.8 Å². The Morgan fingerprint density at radius 2 is 1.16 bits per heavy atom. The number of rotatable bonds is 9. The van der Waals surface area contributed by atoms with Crippen LogP contribution in [0.1, 0.15) is 39.4 Å². The van der Waals surface area contributed by atoms with Crippen molar-refractivity contribution in [3.05, 3.63) is 107 Å². The van der Waals surface area contributed by atoms with E-state index in [0.717, 1.165) is 21.0 Å². The molecule has 0 aliphatic carbocycles. The van der Waals surface area contributed by atoms with E-state index in [0.29, 0.717) is 24.5 Å². The molecule has 1 aromatic heterocycles. The smallest absolute Gasteiger partial charge is 0.335 e. The SMILES string of the molecule is CCN1C(=O)C(=Cc2ccc(-c3ccc(N(c4ccc(C(=O)O)cc4)c4ccc(C(=O)O)cc4)cc3)s2)C(=O)N(CC)C1=S. The third-order valence-electron chi connectivity index (χ3n) is 7.11. The van der Waals surface area contributed by atoms with E-state index < -0.39 is 23.8 Å². The van der Waals surface area contributed by atoms with Gasteiger partial charge in [0.2, 0.25) is 0 Å². The van der Waals surface area contributed by atoms with Gasteiger partial charge in [0.05, 0.1) is 11.1 Å².